The summed E-state index contributed by atoms with van der Waals surface area (Å²) in [5.74, 6) is -0.248. The lowest BCUT2D eigenvalue weighted by Gasteiger charge is -2.06. The topological polar surface area (TPSA) is 71.1 Å². The van der Waals surface area contributed by atoms with Crippen molar-refractivity contribution in [3.8, 4) is 9.88 Å². The van der Waals surface area contributed by atoms with Crippen LogP contribution in [0, 0.1) is 6.92 Å². The van der Waals surface area contributed by atoms with Crippen molar-refractivity contribution in [1.82, 2.24) is 10.3 Å². The highest BCUT2D eigenvalue weighted by molar-refractivity contribution is 7.22. The molecule has 0 unspecified atom stereocenters. The SMILES string of the molecule is Cc1nc(-c2cccs2)sc1C(=O)Nc1ccc(C(=O)NC2CC2)cc1. The van der Waals surface area contributed by atoms with E-state index in [4.69, 9.17) is 0 Å². The number of nitrogens with one attached hydrogen (secondary N) is 2. The number of hydrogen-bond donors (Lipinski definition) is 2. The van der Waals surface area contributed by atoms with Gasteiger partial charge in [0.25, 0.3) is 11.8 Å². The number of thiophene rings is 1. The van der Waals surface area contributed by atoms with Crippen LogP contribution >= 0.6 is 22.7 Å². The molecule has 2 amide bonds. The first-order valence-electron chi connectivity index (χ1n) is 8.34. The molecule has 0 radical (unpaired) electrons. The quantitative estimate of drug-likeness (QED) is 0.689. The Balaban J connectivity index is 1.45. The van der Waals surface area contributed by atoms with Crippen molar-refractivity contribution in [2.75, 3.05) is 5.32 Å². The number of aryl methyl sites for hydroxylation is 1. The van der Waals surface area contributed by atoms with Gasteiger partial charge in [-0.15, -0.1) is 22.7 Å². The van der Waals surface area contributed by atoms with Gasteiger partial charge in [0.05, 0.1) is 10.6 Å². The minimum Gasteiger partial charge on any atom is -0.349 e. The molecule has 132 valence electrons. The monoisotopic (exact) mass is 383 g/mol. The van der Waals surface area contributed by atoms with E-state index in [0.29, 0.717) is 22.2 Å². The molecule has 1 aromatic carbocycles. The van der Waals surface area contributed by atoms with E-state index in [1.54, 1.807) is 35.6 Å². The van der Waals surface area contributed by atoms with Crippen molar-refractivity contribution >= 4 is 40.2 Å². The fourth-order valence-electron chi connectivity index (χ4n) is 2.50. The van der Waals surface area contributed by atoms with E-state index in [9.17, 15) is 9.59 Å². The van der Waals surface area contributed by atoms with Crippen LogP contribution in [-0.4, -0.2) is 22.8 Å². The maximum atomic E-state index is 12.6. The molecule has 0 atom stereocenters. The van der Waals surface area contributed by atoms with Gasteiger partial charge in [0.15, 0.2) is 0 Å². The zero-order valence-electron chi connectivity index (χ0n) is 14.1. The van der Waals surface area contributed by atoms with Crippen LogP contribution in [0.4, 0.5) is 5.69 Å². The fraction of sp³-hybridized carbons (Fsp3) is 0.211. The lowest BCUT2D eigenvalue weighted by atomic mass is 10.2. The summed E-state index contributed by atoms with van der Waals surface area (Å²) in [6.45, 7) is 1.84. The number of aromatic nitrogens is 1. The van der Waals surface area contributed by atoms with E-state index < -0.39 is 0 Å². The molecule has 2 N–H and O–H groups in total. The van der Waals surface area contributed by atoms with Gasteiger partial charge in [-0.05, 0) is 55.5 Å². The molecule has 5 nitrogen and oxygen atoms in total. The van der Waals surface area contributed by atoms with Crippen molar-refractivity contribution in [3.05, 3.63) is 57.9 Å². The van der Waals surface area contributed by atoms with E-state index >= 15 is 0 Å². The Morgan fingerprint density at radius 3 is 2.54 bits per heavy atom. The number of hydrogen-bond acceptors (Lipinski definition) is 5. The molecule has 26 heavy (non-hydrogen) atoms. The molecule has 4 rings (SSSR count). The number of rotatable bonds is 5. The largest absolute Gasteiger partial charge is 0.349 e. The Bertz CT molecular complexity index is 942. The van der Waals surface area contributed by atoms with Crippen LogP contribution in [-0.2, 0) is 0 Å². The lowest BCUT2D eigenvalue weighted by Crippen LogP contribution is -2.25. The predicted octanol–water partition coefficient (Wildman–Crippen LogP) is 4.32. The van der Waals surface area contributed by atoms with Gasteiger partial charge >= 0.3 is 0 Å². The van der Waals surface area contributed by atoms with Crippen molar-refractivity contribution in [2.24, 2.45) is 0 Å². The Morgan fingerprint density at radius 1 is 1.12 bits per heavy atom. The number of carbonyl (C=O) groups excluding carboxylic acids is 2. The number of nitrogens with zero attached hydrogens (tertiary/aromatic N) is 1. The molecule has 7 heteroatoms. The minimum absolute atomic E-state index is 0.0655. The Kier molecular flexibility index (Phi) is 4.57. The van der Waals surface area contributed by atoms with E-state index in [0.717, 1.165) is 28.4 Å². The first-order chi connectivity index (χ1) is 12.6. The molecular formula is C19H17N3O2S2. The number of thiazole rings is 1. The number of anilines is 1. The third-order valence-corrected chi connectivity index (χ3v) is 6.25. The highest BCUT2D eigenvalue weighted by Crippen LogP contribution is 2.31. The molecule has 2 aromatic heterocycles. The number of amides is 2. The molecule has 0 saturated heterocycles. The van der Waals surface area contributed by atoms with Crippen LogP contribution in [0.5, 0.6) is 0 Å². The molecule has 0 aliphatic heterocycles. The maximum Gasteiger partial charge on any atom is 0.267 e. The van der Waals surface area contributed by atoms with Crippen LogP contribution < -0.4 is 10.6 Å². The molecule has 1 saturated carbocycles. The molecular weight excluding hydrogens is 366 g/mol. The molecule has 0 spiro atoms. The van der Waals surface area contributed by atoms with Crippen molar-refractivity contribution < 1.29 is 9.59 Å². The number of carbonyl (C=O) groups is 2. The molecule has 1 aliphatic carbocycles. The summed E-state index contributed by atoms with van der Waals surface area (Å²) in [6.07, 6.45) is 2.11. The molecule has 0 bridgehead atoms. The van der Waals surface area contributed by atoms with Crippen LogP contribution in [0.1, 0.15) is 38.6 Å². The highest BCUT2D eigenvalue weighted by atomic mass is 32.1. The number of benzene rings is 1. The lowest BCUT2D eigenvalue weighted by molar-refractivity contribution is 0.0950. The zero-order chi connectivity index (χ0) is 18.1. The molecule has 1 aliphatic rings. The Labute approximate surface area is 159 Å². The van der Waals surface area contributed by atoms with Crippen LogP contribution in [0.2, 0.25) is 0 Å². The molecule has 1 fully saturated rings. The molecule has 3 aromatic rings. The third-order valence-electron chi connectivity index (χ3n) is 4.05. The smallest absolute Gasteiger partial charge is 0.267 e. The normalized spacial score (nSPS) is 13.4. The van der Waals surface area contributed by atoms with Gasteiger partial charge in [0, 0.05) is 17.3 Å². The Hall–Kier alpha value is -2.51. The van der Waals surface area contributed by atoms with Gasteiger partial charge in [-0.25, -0.2) is 4.98 Å². The van der Waals surface area contributed by atoms with Crippen LogP contribution in [0.15, 0.2) is 41.8 Å². The van der Waals surface area contributed by atoms with Gasteiger partial charge in [0.1, 0.15) is 9.88 Å². The summed E-state index contributed by atoms with van der Waals surface area (Å²) in [6, 6.07) is 11.2. The van der Waals surface area contributed by atoms with Gasteiger partial charge in [-0.2, -0.15) is 0 Å². The second-order valence-electron chi connectivity index (χ2n) is 6.19. The first-order valence-corrected chi connectivity index (χ1v) is 10.0. The van der Waals surface area contributed by atoms with Crippen molar-refractivity contribution in [2.45, 2.75) is 25.8 Å². The Morgan fingerprint density at radius 2 is 1.88 bits per heavy atom. The van der Waals surface area contributed by atoms with Crippen LogP contribution in [0.3, 0.4) is 0 Å². The summed E-state index contributed by atoms with van der Waals surface area (Å²) in [7, 11) is 0. The van der Waals surface area contributed by atoms with E-state index in [1.807, 2.05) is 24.4 Å². The summed E-state index contributed by atoms with van der Waals surface area (Å²) < 4.78 is 0. The second-order valence-corrected chi connectivity index (χ2v) is 8.14. The van der Waals surface area contributed by atoms with Gasteiger partial charge in [0.2, 0.25) is 0 Å². The van der Waals surface area contributed by atoms with Crippen LogP contribution in [0.25, 0.3) is 9.88 Å². The van der Waals surface area contributed by atoms with Gasteiger partial charge in [-0.1, -0.05) is 6.07 Å². The standard InChI is InChI=1S/C19H17N3O2S2/c1-11-16(26-19(20-11)15-3-2-10-25-15)18(24)22-13-6-4-12(5-7-13)17(23)21-14-8-9-14/h2-7,10,14H,8-9H2,1H3,(H,21,23)(H,22,24). The van der Waals surface area contributed by atoms with E-state index in [2.05, 4.69) is 15.6 Å². The summed E-state index contributed by atoms with van der Waals surface area (Å²) in [4.78, 5) is 30.7. The highest BCUT2D eigenvalue weighted by Gasteiger charge is 2.23. The molecule has 2 heterocycles. The van der Waals surface area contributed by atoms with Gasteiger partial charge < -0.3 is 10.6 Å². The minimum atomic E-state index is -0.182. The zero-order valence-corrected chi connectivity index (χ0v) is 15.7. The summed E-state index contributed by atoms with van der Waals surface area (Å²) >= 11 is 2.99. The van der Waals surface area contributed by atoms with E-state index in [1.165, 1.54) is 11.3 Å². The first kappa shape index (κ1) is 16.9. The summed E-state index contributed by atoms with van der Waals surface area (Å²) in [5, 5.41) is 8.68. The van der Waals surface area contributed by atoms with Gasteiger partial charge in [-0.3, -0.25) is 9.59 Å². The fourth-order valence-corrected chi connectivity index (χ4v) is 4.26. The average Bonchev–Trinajstić information content (AvgIpc) is 3.12. The predicted molar refractivity (Wildman–Crippen MR) is 105 cm³/mol. The third kappa shape index (κ3) is 3.68. The second kappa shape index (κ2) is 7.01. The van der Waals surface area contributed by atoms with Crippen molar-refractivity contribution in [1.29, 1.82) is 0 Å². The summed E-state index contributed by atoms with van der Waals surface area (Å²) in [5.41, 5.74) is 1.98. The van der Waals surface area contributed by atoms with Crippen molar-refractivity contribution in [3.63, 3.8) is 0 Å². The van der Waals surface area contributed by atoms with E-state index in [-0.39, 0.29) is 11.8 Å². The average molecular weight is 383 g/mol. The maximum absolute atomic E-state index is 12.6.